The summed E-state index contributed by atoms with van der Waals surface area (Å²) in [6, 6.07) is 9.02. The van der Waals surface area contributed by atoms with Crippen LogP contribution in [0.2, 0.25) is 0 Å². The molecule has 1 saturated heterocycles. The number of para-hydroxylation sites is 1. The molecule has 4 nitrogen and oxygen atoms in total. The van der Waals surface area contributed by atoms with Gasteiger partial charge in [0.25, 0.3) is 0 Å². The van der Waals surface area contributed by atoms with Gasteiger partial charge >= 0.3 is 0 Å². The van der Waals surface area contributed by atoms with Crippen LogP contribution in [0.3, 0.4) is 0 Å². The Balaban J connectivity index is 1.26. The smallest absolute Gasteiger partial charge is 0.164 e. The van der Waals surface area contributed by atoms with Crippen molar-refractivity contribution in [2.75, 3.05) is 37.6 Å². The summed E-state index contributed by atoms with van der Waals surface area (Å²) in [4.78, 5) is 16.5. The first-order valence-corrected chi connectivity index (χ1v) is 9.65. The van der Waals surface area contributed by atoms with E-state index >= 15 is 0 Å². The summed E-state index contributed by atoms with van der Waals surface area (Å²) in [5, 5.41) is 0. The average Bonchev–Trinajstić information content (AvgIpc) is 3.08. The van der Waals surface area contributed by atoms with E-state index in [1.165, 1.54) is 11.8 Å². The van der Waals surface area contributed by atoms with Crippen LogP contribution in [0.4, 0.5) is 10.1 Å². The van der Waals surface area contributed by atoms with Crippen LogP contribution < -0.4 is 4.90 Å². The summed E-state index contributed by atoms with van der Waals surface area (Å²) >= 11 is 0. The van der Waals surface area contributed by atoms with Gasteiger partial charge in [0.2, 0.25) is 0 Å². The number of carbonyl (C=O) groups is 1. The standard InChI is InChI=1S/C21H26FN3O/c22-18-5-1-2-6-20(18)25-15-13-23(14-16-25)10-4-11-24-12-9-17-19(24)7-3-8-21(17)26/h1-2,5-6,9,12H,3-4,7-8,10-11,13-16H2. The molecule has 0 spiro atoms. The number of aromatic nitrogens is 1. The maximum atomic E-state index is 13.9. The molecule has 2 aliphatic rings. The van der Waals surface area contributed by atoms with Gasteiger partial charge in [-0.1, -0.05) is 12.1 Å². The maximum Gasteiger partial charge on any atom is 0.164 e. The Morgan fingerprint density at radius 3 is 2.58 bits per heavy atom. The summed E-state index contributed by atoms with van der Waals surface area (Å²) in [6.07, 6.45) is 5.85. The SMILES string of the molecule is O=C1CCCc2c1ccn2CCCN1CCN(c2ccccc2F)CC1. The molecule has 0 bridgehead atoms. The van der Waals surface area contributed by atoms with Gasteiger partial charge < -0.3 is 9.47 Å². The summed E-state index contributed by atoms with van der Waals surface area (Å²) in [6.45, 7) is 5.69. The molecule has 0 radical (unpaired) electrons. The van der Waals surface area contributed by atoms with Crippen LogP contribution in [0.1, 0.15) is 35.3 Å². The van der Waals surface area contributed by atoms with Gasteiger partial charge in [0.1, 0.15) is 5.82 Å². The van der Waals surface area contributed by atoms with Gasteiger partial charge in [0, 0.05) is 56.6 Å². The number of anilines is 1. The lowest BCUT2D eigenvalue weighted by Gasteiger charge is -2.36. The summed E-state index contributed by atoms with van der Waals surface area (Å²) in [7, 11) is 0. The van der Waals surface area contributed by atoms with Crippen molar-refractivity contribution >= 4 is 11.5 Å². The molecule has 1 aliphatic carbocycles. The fraction of sp³-hybridized carbons (Fsp3) is 0.476. The molecular weight excluding hydrogens is 329 g/mol. The second kappa shape index (κ2) is 7.62. The highest BCUT2D eigenvalue weighted by atomic mass is 19.1. The highest BCUT2D eigenvalue weighted by Crippen LogP contribution is 2.23. The molecule has 0 amide bonds. The van der Waals surface area contributed by atoms with E-state index in [1.54, 1.807) is 6.07 Å². The molecule has 0 N–H and O–H groups in total. The number of hydrogen-bond donors (Lipinski definition) is 0. The molecule has 0 atom stereocenters. The van der Waals surface area contributed by atoms with Gasteiger partial charge in [0.15, 0.2) is 5.78 Å². The van der Waals surface area contributed by atoms with Crippen LogP contribution in [0.5, 0.6) is 0 Å². The monoisotopic (exact) mass is 355 g/mol. The normalized spacial score (nSPS) is 18.2. The molecule has 4 rings (SSSR count). The lowest BCUT2D eigenvalue weighted by atomic mass is 9.97. The van der Waals surface area contributed by atoms with E-state index in [2.05, 4.69) is 20.6 Å². The van der Waals surface area contributed by atoms with Crippen LogP contribution in [-0.2, 0) is 13.0 Å². The minimum atomic E-state index is -0.132. The van der Waals surface area contributed by atoms with Crippen molar-refractivity contribution in [3.8, 4) is 0 Å². The van der Waals surface area contributed by atoms with Gasteiger partial charge in [-0.3, -0.25) is 9.69 Å². The van der Waals surface area contributed by atoms with Crippen LogP contribution in [0, 0.1) is 5.82 Å². The number of ketones is 1. The molecule has 1 aromatic carbocycles. The van der Waals surface area contributed by atoms with Crippen LogP contribution in [0.25, 0.3) is 0 Å². The fourth-order valence-electron chi connectivity index (χ4n) is 4.18. The molecule has 0 saturated carbocycles. The quantitative estimate of drug-likeness (QED) is 0.823. The second-order valence-electron chi connectivity index (χ2n) is 7.28. The van der Waals surface area contributed by atoms with E-state index in [9.17, 15) is 9.18 Å². The van der Waals surface area contributed by atoms with E-state index in [1.807, 2.05) is 18.2 Å². The number of Topliss-reactive ketones (excluding diaryl/α,β-unsaturated/α-hetero) is 1. The second-order valence-corrected chi connectivity index (χ2v) is 7.28. The Bertz CT molecular complexity index is 777. The number of halogens is 1. The highest BCUT2D eigenvalue weighted by molar-refractivity contribution is 5.98. The fourth-order valence-corrected chi connectivity index (χ4v) is 4.18. The van der Waals surface area contributed by atoms with Crippen molar-refractivity contribution < 1.29 is 9.18 Å². The largest absolute Gasteiger partial charge is 0.367 e. The van der Waals surface area contributed by atoms with Gasteiger partial charge in [0.05, 0.1) is 5.69 Å². The van der Waals surface area contributed by atoms with E-state index in [0.29, 0.717) is 12.2 Å². The number of rotatable bonds is 5. The predicted octanol–water partition coefficient (Wildman–Crippen LogP) is 3.36. The number of piperazine rings is 1. The van der Waals surface area contributed by atoms with E-state index in [4.69, 9.17) is 0 Å². The molecule has 2 heterocycles. The van der Waals surface area contributed by atoms with Crippen LogP contribution in [-0.4, -0.2) is 48.0 Å². The van der Waals surface area contributed by atoms with Crippen molar-refractivity contribution in [1.82, 2.24) is 9.47 Å². The first-order chi connectivity index (χ1) is 12.7. The van der Waals surface area contributed by atoms with Crippen molar-refractivity contribution in [3.05, 3.63) is 53.6 Å². The first-order valence-electron chi connectivity index (χ1n) is 9.65. The van der Waals surface area contributed by atoms with E-state index in [-0.39, 0.29) is 5.82 Å². The lowest BCUT2D eigenvalue weighted by Crippen LogP contribution is -2.47. The minimum Gasteiger partial charge on any atom is -0.367 e. The molecule has 138 valence electrons. The average molecular weight is 355 g/mol. The van der Waals surface area contributed by atoms with Crippen LogP contribution in [0.15, 0.2) is 36.5 Å². The number of fused-ring (bicyclic) bond motifs is 1. The number of benzene rings is 1. The zero-order valence-corrected chi connectivity index (χ0v) is 15.2. The Morgan fingerprint density at radius 2 is 1.77 bits per heavy atom. The van der Waals surface area contributed by atoms with Gasteiger partial charge in [-0.2, -0.15) is 0 Å². The molecule has 1 fully saturated rings. The van der Waals surface area contributed by atoms with Gasteiger partial charge in [-0.05, 0) is 44.0 Å². The molecule has 2 aromatic rings. The summed E-state index contributed by atoms with van der Waals surface area (Å²) in [5.74, 6) is 0.169. The molecular formula is C21H26FN3O. The third kappa shape index (κ3) is 3.54. The minimum absolute atomic E-state index is 0.132. The number of carbonyl (C=O) groups excluding carboxylic acids is 1. The van der Waals surface area contributed by atoms with Gasteiger partial charge in [-0.15, -0.1) is 0 Å². The Hall–Kier alpha value is -2.14. The zero-order valence-electron chi connectivity index (χ0n) is 15.2. The van der Waals surface area contributed by atoms with Crippen LogP contribution >= 0.6 is 0 Å². The van der Waals surface area contributed by atoms with Crippen molar-refractivity contribution in [3.63, 3.8) is 0 Å². The van der Waals surface area contributed by atoms with E-state index in [0.717, 1.165) is 69.8 Å². The molecule has 1 aliphatic heterocycles. The lowest BCUT2D eigenvalue weighted by molar-refractivity contribution is 0.0971. The number of nitrogens with zero attached hydrogens (tertiary/aromatic N) is 3. The van der Waals surface area contributed by atoms with Crippen molar-refractivity contribution in [1.29, 1.82) is 0 Å². The molecule has 5 heteroatoms. The summed E-state index contributed by atoms with van der Waals surface area (Å²) in [5.41, 5.74) is 2.89. The molecule has 0 unspecified atom stereocenters. The predicted molar refractivity (Wildman–Crippen MR) is 101 cm³/mol. The first kappa shape index (κ1) is 17.3. The molecule has 26 heavy (non-hydrogen) atoms. The Labute approximate surface area is 154 Å². The highest BCUT2D eigenvalue weighted by Gasteiger charge is 2.21. The Kier molecular flexibility index (Phi) is 5.07. The van der Waals surface area contributed by atoms with Gasteiger partial charge in [-0.25, -0.2) is 4.39 Å². The third-order valence-corrected chi connectivity index (χ3v) is 5.64. The zero-order chi connectivity index (χ0) is 17.9. The Morgan fingerprint density at radius 1 is 0.962 bits per heavy atom. The topological polar surface area (TPSA) is 28.5 Å². The number of hydrogen-bond acceptors (Lipinski definition) is 3. The summed E-state index contributed by atoms with van der Waals surface area (Å²) < 4.78 is 16.2. The number of aryl methyl sites for hydroxylation is 1. The van der Waals surface area contributed by atoms with Crippen molar-refractivity contribution in [2.24, 2.45) is 0 Å². The van der Waals surface area contributed by atoms with E-state index < -0.39 is 0 Å². The van der Waals surface area contributed by atoms with Crippen molar-refractivity contribution in [2.45, 2.75) is 32.2 Å². The third-order valence-electron chi connectivity index (χ3n) is 5.64. The molecule has 1 aromatic heterocycles. The maximum absolute atomic E-state index is 13.9.